The van der Waals surface area contributed by atoms with Crippen LogP contribution < -0.4 is 11.1 Å². The van der Waals surface area contributed by atoms with E-state index in [1.54, 1.807) is 24.3 Å². The van der Waals surface area contributed by atoms with Crippen molar-refractivity contribution in [1.29, 1.82) is 0 Å². The van der Waals surface area contributed by atoms with Crippen LogP contribution in [0.15, 0.2) is 24.3 Å². The van der Waals surface area contributed by atoms with Gasteiger partial charge in [-0.25, -0.2) is 0 Å². The van der Waals surface area contributed by atoms with Gasteiger partial charge in [0, 0.05) is 11.6 Å². The number of primary amides is 1. The first-order valence-electron chi connectivity index (χ1n) is 5.17. The van der Waals surface area contributed by atoms with E-state index in [4.69, 9.17) is 5.73 Å². The van der Waals surface area contributed by atoms with Crippen LogP contribution in [-0.4, -0.2) is 17.9 Å². The van der Waals surface area contributed by atoms with E-state index in [0.717, 1.165) is 0 Å². The Bertz CT molecular complexity index is 400. The largest absolute Gasteiger partial charge is 0.366 e. The van der Waals surface area contributed by atoms with Crippen molar-refractivity contribution in [2.75, 3.05) is 0 Å². The third-order valence-corrected chi connectivity index (χ3v) is 2.08. The molecule has 86 valence electrons. The van der Waals surface area contributed by atoms with Gasteiger partial charge >= 0.3 is 0 Å². The molecular formula is C12H16N2O2. The molecule has 0 atom stereocenters. The van der Waals surface area contributed by atoms with Crippen molar-refractivity contribution < 1.29 is 9.59 Å². The first-order chi connectivity index (χ1) is 7.50. The highest BCUT2D eigenvalue weighted by Crippen LogP contribution is 2.08. The van der Waals surface area contributed by atoms with Crippen molar-refractivity contribution in [3.8, 4) is 0 Å². The van der Waals surface area contributed by atoms with E-state index in [9.17, 15) is 9.59 Å². The maximum Gasteiger partial charge on any atom is 0.248 e. The zero-order valence-corrected chi connectivity index (χ0v) is 9.49. The van der Waals surface area contributed by atoms with Gasteiger partial charge in [0.15, 0.2) is 0 Å². The monoisotopic (exact) mass is 220 g/mol. The molecule has 0 aliphatic carbocycles. The summed E-state index contributed by atoms with van der Waals surface area (Å²) in [6, 6.07) is 6.96. The molecule has 0 unspecified atom stereocenters. The highest BCUT2D eigenvalue weighted by molar-refractivity contribution is 5.95. The second-order valence-corrected chi connectivity index (χ2v) is 3.92. The van der Waals surface area contributed by atoms with E-state index in [0.29, 0.717) is 11.1 Å². The molecule has 2 amide bonds. The van der Waals surface area contributed by atoms with Gasteiger partial charge in [-0.1, -0.05) is 18.2 Å². The van der Waals surface area contributed by atoms with E-state index >= 15 is 0 Å². The van der Waals surface area contributed by atoms with E-state index in [1.807, 2.05) is 13.8 Å². The zero-order valence-electron chi connectivity index (χ0n) is 9.49. The third kappa shape index (κ3) is 3.38. The van der Waals surface area contributed by atoms with Gasteiger partial charge in [0.25, 0.3) is 0 Å². The molecule has 0 aliphatic heterocycles. The van der Waals surface area contributed by atoms with Crippen LogP contribution in [-0.2, 0) is 11.2 Å². The molecule has 0 spiro atoms. The molecule has 0 heterocycles. The van der Waals surface area contributed by atoms with E-state index in [2.05, 4.69) is 5.32 Å². The van der Waals surface area contributed by atoms with Gasteiger partial charge in [-0.2, -0.15) is 0 Å². The van der Waals surface area contributed by atoms with Crippen LogP contribution in [0.1, 0.15) is 29.8 Å². The fraction of sp³-hybridized carbons (Fsp3) is 0.333. The minimum Gasteiger partial charge on any atom is -0.366 e. The van der Waals surface area contributed by atoms with Crippen LogP contribution in [0.25, 0.3) is 0 Å². The predicted molar refractivity (Wildman–Crippen MR) is 61.9 cm³/mol. The molecule has 0 saturated heterocycles. The number of hydrogen-bond acceptors (Lipinski definition) is 2. The number of hydrogen-bond donors (Lipinski definition) is 2. The Balaban J connectivity index is 2.81. The number of nitrogens with two attached hydrogens (primary N) is 1. The molecular weight excluding hydrogens is 204 g/mol. The summed E-state index contributed by atoms with van der Waals surface area (Å²) in [6.45, 7) is 3.77. The smallest absolute Gasteiger partial charge is 0.248 e. The van der Waals surface area contributed by atoms with Crippen LogP contribution in [0.4, 0.5) is 0 Å². The predicted octanol–water partition coefficient (Wildman–Crippen LogP) is 0.853. The summed E-state index contributed by atoms with van der Waals surface area (Å²) in [6.07, 6.45) is 0.178. The summed E-state index contributed by atoms with van der Waals surface area (Å²) in [5, 5.41) is 2.77. The number of amides is 2. The fourth-order valence-electron chi connectivity index (χ4n) is 1.46. The summed E-state index contributed by atoms with van der Waals surface area (Å²) >= 11 is 0. The molecule has 16 heavy (non-hydrogen) atoms. The van der Waals surface area contributed by atoms with Gasteiger partial charge in [0.1, 0.15) is 0 Å². The van der Waals surface area contributed by atoms with Crippen molar-refractivity contribution >= 4 is 11.8 Å². The molecule has 4 nitrogen and oxygen atoms in total. The van der Waals surface area contributed by atoms with Gasteiger partial charge in [-0.15, -0.1) is 0 Å². The number of carbonyl (C=O) groups is 2. The normalized spacial score (nSPS) is 10.2. The lowest BCUT2D eigenvalue weighted by atomic mass is 10.0. The van der Waals surface area contributed by atoms with Gasteiger partial charge in [-0.3, -0.25) is 9.59 Å². The van der Waals surface area contributed by atoms with Crippen molar-refractivity contribution in [2.45, 2.75) is 26.3 Å². The van der Waals surface area contributed by atoms with Gasteiger partial charge in [-0.05, 0) is 25.5 Å². The molecule has 1 aromatic rings. The van der Waals surface area contributed by atoms with Crippen LogP contribution in [0, 0.1) is 0 Å². The van der Waals surface area contributed by atoms with Crippen molar-refractivity contribution in [3.63, 3.8) is 0 Å². The Labute approximate surface area is 94.8 Å². The standard InChI is InChI=1S/C12H16N2O2/c1-8(2)14-11(15)7-9-5-3-4-6-10(9)12(13)16/h3-6,8H,7H2,1-2H3,(H2,13,16)(H,14,15). The van der Waals surface area contributed by atoms with Gasteiger partial charge < -0.3 is 11.1 Å². The average molecular weight is 220 g/mol. The lowest BCUT2D eigenvalue weighted by Gasteiger charge is -2.09. The Morgan fingerprint density at radius 2 is 1.94 bits per heavy atom. The van der Waals surface area contributed by atoms with E-state index in [1.165, 1.54) is 0 Å². The molecule has 0 aromatic heterocycles. The van der Waals surface area contributed by atoms with Crippen molar-refractivity contribution in [1.82, 2.24) is 5.32 Å². The van der Waals surface area contributed by atoms with Gasteiger partial charge in [0.05, 0.1) is 6.42 Å². The number of nitrogens with one attached hydrogen (secondary N) is 1. The topological polar surface area (TPSA) is 72.2 Å². The van der Waals surface area contributed by atoms with Crippen LogP contribution in [0.5, 0.6) is 0 Å². The second-order valence-electron chi connectivity index (χ2n) is 3.92. The van der Waals surface area contributed by atoms with Crippen molar-refractivity contribution in [3.05, 3.63) is 35.4 Å². The quantitative estimate of drug-likeness (QED) is 0.789. The fourth-order valence-corrected chi connectivity index (χ4v) is 1.46. The SMILES string of the molecule is CC(C)NC(=O)Cc1ccccc1C(N)=O. The Morgan fingerprint density at radius 3 is 2.50 bits per heavy atom. The highest BCUT2D eigenvalue weighted by atomic mass is 16.2. The Morgan fingerprint density at radius 1 is 1.31 bits per heavy atom. The van der Waals surface area contributed by atoms with Crippen LogP contribution in [0.3, 0.4) is 0 Å². The summed E-state index contributed by atoms with van der Waals surface area (Å²) in [5.41, 5.74) is 6.29. The molecule has 1 rings (SSSR count). The summed E-state index contributed by atoms with van der Waals surface area (Å²) in [7, 11) is 0. The Kier molecular flexibility index (Phi) is 4.05. The van der Waals surface area contributed by atoms with E-state index < -0.39 is 5.91 Å². The number of rotatable bonds is 4. The average Bonchev–Trinajstić information content (AvgIpc) is 2.16. The minimum absolute atomic E-state index is 0.0910. The lowest BCUT2D eigenvalue weighted by molar-refractivity contribution is -0.120. The first-order valence-corrected chi connectivity index (χ1v) is 5.17. The number of carbonyl (C=O) groups excluding carboxylic acids is 2. The third-order valence-electron chi connectivity index (χ3n) is 2.08. The lowest BCUT2D eigenvalue weighted by Crippen LogP contribution is -2.32. The molecule has 4 heteroatoms. The molecule has 0 bridgehead atoms. The zero-order chi connectivity index (χ0) is 12.1. The molecule has 3 N–H and O–H groups in total. The van der Waals surface area contributed by atoms with Crippen LogP contribution in [0.2, 0.25) is 0 Å². The molecule has 1 aromatic carbocycles. The second kappa shape index (κ2) is 5.30. The minimum atomic E-state index is -0.507. The maximum absolute atomic E-state index is 11.5. The number of benzene rings is 1. The van der Waals surface area contributed by atoms with Crippen LogP contribution >= 0.6 is 0 Å². The molecule has 0 aliphatic rings. The first kappa shape index (κ1) is 12.2. The maximum atomic E-state index is 11.5. The molecule has 0 fully saturated rings. The summed E-state index contributed by atoms with van der Waals surface area (Å²) in [5.74, 6) is -0.614. The Hall–Kier alpha value is -1.84. The highest BCUT2D eigenvalue weighted by Gasteiger charge is 2.11. The van der Waals surface area contributed by atoms with Crippen molar-refractivity contribution in [2.24, 2.45) is 5.73 Å². The van der Waals surface area contributed by atoms with Gasteiger partial charge in [0.2, 0.25) is 11.8 Å². The van der Waals surface area contributed by atoms with E-state index in [-0.39, 0.29) is 18.4 Å². The summed E-state index contributed by atoms with van der Waals surface area (Å²) < 4.78 is 0. The summed E-state index contributed by atoms with van der Waals surface area (Å²) in [4.78, 5) is 22.7. The molecule has 0 saturated carbocycles. The molecule has 0 radical (unpaired) electrons.